The van der Waals surface area contributed by atoms with E-state index in [4.69, 9.17) is 12.6 Å². The van der Waals surface area contributed by atoms with Gasteiger partial charge in [0.2, 0.25) is 0 Å². The molecule has 0 atom stereocenters. The molecular formula is C21H20S. The molecule has 0 amide bonds. The van der Waals surface area contributed by atoms with Gasteiger partial charge in [0.05, 0.1) is 0 Å². The van der Waals surface area contributed by atoms with Crippen molar-refractivity contribution < 1.29 is 0 Å². The summed E-state index contributed by atoms with van der Waals surface area (Å²) in [6.45, 7) is 4.55. The Hall–Kier alpha value is -1.99. The predicted octanol–water partition coefficient (Wildman–Crippen LogP) is 5.97. The zero-order chi connectivity index (χ0) is 15.6. The van der Waals surface area contributed by atoms with Gasteiger partial charge in [-0.15, -0.1) is 12.6 Å². The van der Waals surface area contributed by atoms with E-state index in [-0.39, 0.29) is 5.41 Å². The summed E-state index contributed by atoms with van der Waals surface area (Å²) in [5.41, 5.74) is 4.97. The van der Waals surface area contributed by atoms with Gasteiger partial charge < -0.3 is 0 Å². The summed E-state index contributed by atoms with van der Waals surface area (Å²) < 4.78 is 0. The van der Waals surface area contributed by atoms with Crippen LogP contribution in [0.5, 0.6) is 0 Å². The molecule has 0 aliphatic rings. The monoisotopic (exact) mass is 304 g/mol. The highest BCUT2D eigenvalue weighted by atomic mass is 32.1. The van der Waals surface area contributed by atoms with Gasteiger partial charge in [-0.3, -0.25) is 0 Å². The highest BCUT2D eigenvalue weighted by Crippen LogP contribution is 2.40. The molecule has 0 spiro atoms. The van der Waals surface area contributed by atoms with Crippen LogP contribution in [-0.4, -0.2) is 0 Å². The van der Waals surface area contributed by atoms with Crippen LogP contribution in [0.4, 0.5) is 0 Å². The lowest BCUT2D eigenvalue weighted by Crippen LogP contribution is -2.20. The Balaban J connectivity index is 2.22. The average Bonchev–Trinajstić information content (AvgIpc) is 2.56. The fourth-order valence-electron chi connectivity index (χ4n) is 2.98. The number of hydrogen-bond acceptors (Lipinski definition) is 1. The Labute approximate surface area is 138 Å². The van der Waals surface area contributed by atoms with Crippen LogP contribution in [0.1, 0.15) is 25.0 Å². The molecule has 0 N–H and O–H groups in total. The molecule has 0 fully saturated rings. The first-order valence-corrected chi connectivity index (χ1v) is 7.99. The summed E-state index contributed by atoms with van der Waals surface area (Å²) in [6.07, 6.45) is 0. The first kappa shape index (κ1) is 14.9. The number of rotatable bonds is 3. The molecule has 3 aromatic carbocycles. The van der Waals surface area contributed by atoms with E-state index in [0.717, 1.165) is 4.90 Å². The maximum atomic E-state index is 4.72. The molecule has 0 radical (unpaired) electrons. The zero-order valence-electron chi connectivity index (χ0n) is 13.0. The molecular weight excluding hydrogens is 284 g/mol. The average molecular weight is 304 g/mol. The molecule has 0 saturated heterocycles. The summed E-state index contributed by atoms with van der Waals surface area (Å²) >= 11 is 4.72. The summed E-state index contributed by atoms with van der Waals surface area (Å²) in [6, 6.07) is 27.5. The molecule has 0 heterocycles. The Morgan fingerprint density at radius 2 is 1.27 bits per heavy atom. The summed E-state index contributed by atoms with van der Waals surface area (Å²) in [5, 5.41) is 0. The summed E-state index contributed by atoms with van der Waals surface area (Å²) in [4.78, 5) is 1.02. The van der Waals surface area contributed by atoms with Crippen LogP contribution < -0.4 is 0 Å². The van der Waals surface area contributed by atoms with E-state index in [1.165, 1.54) is 22.3 Å². The van der Waals surface area contributed by atoms with Gasteiger partial charge >= 0.3 is 0 Å². The van der Waals surface area contributed by atoms with Gasteiger partial charge in [0.25, 0.3) is 0 Å². The Morgan fingerprint density at radius 3 is 1.91 bits per heavy atom. The molecule has 0 bridgehead atoms. The molecule has 1 heteroatoms. The second-order valence-electron chi connectivity index (χ2n) is 6.06. The van der Waals surface area contributed by atoms with Gasteiger partial charge in [-0.2, -0.15) is 0 Å². The molecule has 110 valence electrons. The lowest BCUT2D eigenvalue weighted by Gasteiger charge is -2.29. The van der Waals surface area contributed by atoms with E-state index in [1.54, 1.807) is 0 Å². The standard InChI is InChI=1S/C21H20S/c1-21(2,17-12-7-4-8-13-17)18-14-9-15-19(22)20(18)16-10-5-3-6-11-16/h3-15,22H,1-2H3. The third-order valence-electron chi connectivity index (χ3n) is 4.27. The molecule has 22 heavy (non-hydrogen) atoms. The van der Waals surface area contributed by atoms with Crippen LogP contribution in [0.25, 0.3) is 11.1 Å². The van der Waals surface area contributed by atoms with Gasteiger partial charge in [-0.05, 0) is 28.3 Å². The fraction of sp³-hybridized carbons (Fsp3) is 0.143. The first-order chi connectivity index (χ1) is 10.6. The Kier molecular flexibility index (Phi) is 4.08. The Morgan fingerprint density at radius 1 is 0.682 bits per heavy atom. The predicted molar refractivity (Wildman–Crippen MR) is 97.7 cm³/mol. The quantitative estimate of drug-likeness (QED) is 0.566. The smallest absolute Gasteiger partial charge is 0.0153 e. The van der Waals surface area contributed by atoms with Crippen molar-refractivity contribution in [3.8, 4) is 11.1 Å². The van der Waals surface area contributed by atoms with Crippen molar-refractivity contribution in [2.75, 3.05) is 0 Å². The molecule has 3 aromatic rings. The van der Waals surface area contributed by atoms with E-state index in [0.29, 0.717) is 0 Å². The molecule has 0 nitrogen and oxygen atoms in total. The highest BCUT2D eigenvalue weighted by molar-refractivity contribution is 7.80. The van der Waals surface area contributed by atoms with Crippen LogP contribution >= 0.6 is 12.6 Å². The molecule has 0 aliphatic heterocycles. The van der Waals surface area contributed by atoms with E-state index in [1.807, 2.05) is 6.07 Å². The van der Waals surface area contributed by atoms with E-state index >= 15 is 0 Å². The Bertz CT molecular complexity index is 758. The number of benzene rings is 3. The van der Waals surface area contributed by atoms with Gasteiger partial charge in [0, 0.05) is 10.3 Å². The van der Waals surface area contributed by atoms with E-state index in [2.05, 4.69) is 86.6 Å². The van der Waals surface area contributed by atoms with E-state index < -0.39 is 0 Å². The van der Waals surface area contributed by atoms with Gasteiger partial charge in [-0.1, -0.05) is 86.6 Å². The number of hydrogen-bond donors (Lipinski definition) is 1. The first-order valence-electron chi connectivity index (χ1n) is 7.54. The van der Waals surface area contributed by atoms with Crippen molar-refractivity contribution >= 4 is 12.6 Å². The van der Waals surface area contributed by atoms with Gasteiger partial charge in [0.1, 0.15) is 0 Å². The van der Waals surface area contributed by atoms with Gasteiger partial charge in [-0.25, -0.2) is 0 Å². The van der Waals surface area contributed by atoms with Crippen molar-refractivity contribution in [2.45, 2.75) is 24.2 Å². The van der Waals surface area contributed by atoms with Crippen LogP contribution in [-0.2, 0) is 5.41 Å². The molecule has 0 saturated carbocycles. The zero-order valence-corrected chi connectivity index (χ0v) is 13.8. The van der Waals surface area contributed by atoms with Crippen LogP contribution in [0.15, 0.2) is 83.8 Å². The molecule has 0 aliphatic carbocycles. The van der Waals surface area contributed by atoms with Crippen molar-refractivity contribution in [1.82, 2.24) is 0 Å². The third-order valence-corrected chi connectivity index (χ3v) is 4.65. The fourth-order valence-corrected chi connectivity index (χ4v) is 3.32. The van der Waals surface area contributed by atoms with Crippen LogP contribution in [0.3, 0.4) is 0 Å². The SMILES string of the molecule is CC(C)(c1ccccc1)c1cccc(S)c1-c1ccccc1. The maximum absolute atomic E-state index is 4.72. The van der Waals surface area contributed by atoms with Crippen molar-refractivity contribution in [1.29, 1.82) is 0 Å². The topological polar surface area (TPSA) is 0 Å². The minimum atomic E-state index is -0.0782. The minimum absolute atomic E-state index is 0.0782. The lowest BCUT2D eigenvalue weighted by molar-refractivity contribution is 0.641. The maximum Gasteiger partial charge on any atom is 0.0153 e. The second kappa shape index (κ2) is 6.02. The van der Waals surface area contributed by atoms with Crippen molar-refractivity contribution in [3.05, 3.63) is 90.0 Å². The van der Waals surface area contributed by atoms with Gasteiger partial charge in [0.15, 0.2) is 0 Å². The van der Waals surface area contributed by atoms with E-state index in [9.17, 15) is 0 Å². The molecule has 3 rings (SSSR count). The molecule has 0 aromatic heterocycles. The normalized spacial score (nSPS) is 11.4. The van der Waals surface area contributed by atoms with Crippen molar-refractivity contribution in [2.24, 2.45) is 0 Å². The summed E-state index contributed by atoms with van der Waals surface area (Å²) in [5.74, 6) is 0. The third kappa shape index (κ3) is 2.69. The largest absolute Gasteiger partial charge is 0.143 e. The summed E-state index contributed by atoms with van der Waals surface area (Å²) in [7, 11) is 0. The molecule has 0 unspecified atom stereocenters. The minimum Gasteiger partial charge on any atom is -0.143 e. The second-order valence-corrected chi connectivity index (χ2v) is 6.54. The lowest BCUT2D eigenvalue weighted by atomic mass is 9.75. The highest BCUT2D eigenvalue weighted by Gasteiger charge is 2.26. The number of thiol groups is 1. The van der Waals surface area contributed by atoms with Crippen LogP contribution in [0.2, 0.25) is 0 Å². The van der Waals surface area contributed by atoms with Crippen LogP contribution in [0, 0.1) is 0 Å². The van der Waals surface area contributed by atoms with Crippen molar-refractivity contribution in [3.63, 3.8) is 0 Å².